The van der Waals surface area contributed by atoms with Gasteiger partial charge in [0.15, 0.2) is 5.82 Å². The largest absolute Gasteiger partial charge is 0.481 e. The van der Waals surface area contributed by atoms with Crippen LogP contribution in [0.25, 0.3) is 17.2 Å². The zero-order valence-electron chi connectivity index (χ0n) is 13.9. The number of carboxylic acids is 1. The number of pyridine rings is 2. The highest BCUT2D eigenvalue weighted by Gasteiger charge is 2.19. The molecule has 0 saturated carbocycles. The molecule has 0 aliphatic heterocycles. The Morgan fingerprint density at radius 3 is 2.50 bits per heavy atom. The maximum absolute atomic E-state index is 11.3. The molecule has 0 aliphatic carbocycles. The number of aromatic carboxylic acids is 1. The summed E-state index contributed by atoms with van der Waals surface area (Å²) in [5.41, 5.74) is 1.39. The van der Waals surface area contributed by atoms with Gasteiger partial charge in [0, 0.05) is 13.0 Å². The van der Waals surface area contributed by atoms with Crippen molar-refractivity contribution in [2.75, 3.05) is 12.4 Å². The van der Waals surface area contributed by atoms with E-state index in [1.807, 2.05) is 0 Å². The second kappa shape index (κ2) is 6.97. The van der Waals surface area contributed by atoms with E-state index in [2.05, 4.69) is 25.4 Å². The lowest BCUT2D eigenvalue weighted by Crippen LogP contribution is -2.06. The maximum atomic E-state index is 11.3. The quantitative estimate of drug-likeness (QED) is 0.702. The molecular formula is C16H14N6O4. The van der Waals surface area contributed by atoms with Crippen LogP contribution in [0.15, 0.2) is 36.7 Å². The Morgan fingerprint density at radius 1 is 1.15 bits per heavy atom. The summed E-state index contributed by atoms with van der Waals surface area (Å²) >= 11 is 0. The summed E-state index contributed by atoms with van der Waals surface area (Å²) in [5.74, 6) is -1.22. The zero-order valence-corrected chi connectivity index (χ0v) is 13.9. The Labute approximate surface area is 147 Å². The van der Waals surface area contributed by atoms with Crippen molar-refractivity contribution in [1.29, 1.82) is 0 Å². The summed E-state index contributed by atoms with van der Waals surface area (Å²) in [5, 5.41) is 15.8. The lowest BCUT2D eigenvalue weighted by atomic mass is 10.3. The molecule has 0 aliphatic rings. The van der Waals surface area contributed by atoms with Crippen LogP contribution in [0, 0.1) is 0 Å². The molecule has 0 unspecified atom stereocenters. The number of nitrogens with zero attached hydrogens (tertiary/aromatic N) is 5. The number of amides is 1. The van der Waals surface area contributed by atoms with Gasteiger partial charge in [0.2, 0.25) is 11.8 Å². The first-order chi connectivity index (χ1) is 12.5. The average Bonchev–Trinajstić information content (AvgIpc) is 3.07. The molecule has 3 heterocycles. The lowest BCUT2D eigenvalue weighted by Gasteiger charge is -2.07. The number of methoxy groups -OCH3 is 1. The molecule has 2 N–H and O–H groups in total. The van der Waals surface area contributed by atoms with Crippen molar-refractivity contribution in [1.82, 2.24) is 24.7 Å². The first-order valence-corrected chi connectivity index (χ1v) is 7.42. The molecule has 10 nitrogen and oxygen atoms in total. The number of carbonyl (C=O) groups is 2. The first-order valence-electron chi connectivity index (χ1n) is 7.42. The van der Waals surface area contributed by atoms with Gasteiger partial charge >= 0.3 is 5.97 Å². The van der Waals surface area contributed by atoms with E-state index in [1.165, 1.54) is 31.1 Å². The highest BCUT2D eigenvalue weighted by molar-refractivity contribution is 5.88. The Morgan fingerprint density at radius 2 is 1.96 bits per heavy atom. The molecule has 0 fully saturated rings. The van der Waals surface area contributed by atoms with Crippen LogP contribution in [0.5, 0.6) is 5.88 Å². The minimum Gasteiger partial charge on any atom is -0.481 e. The van der Waals surface area contributed by atoms with Gasteiger partial charge < -0.3 is 15.2 Å². The predicted octanol–water partition coefficient (Wildman–Crippen LogP) is 1.39. The third kappa shape index (κ3) is 3.48. The van der Waals surface area contributed by atoms with Gasteiger partial charge in [-0.3, -0.25) is 9.78 Å². The lowest BCUT2D eigenvalue weighted by molar-refractivity contribution is -0.114. The fourth-order valence-electron chi connectivity index (χ4n) is 2.17. The minimum absolute atomic E-state index is 0.222. The molecule has 1 amide bonds. The second-order valence-electron chi connectivity index (χ2n) is 5.15. The Hall–Kier alpha value is -3.82. The monoisotopic (exact) mass is 354 g/mol. The normalized spacial score (nSPS) is 10.4. The van der Waals surface area contributed by atoms with Crippen molar-refractivity contribution < 1.29 is 19.4 Å². The van der Waals surface area contributed by atoms with Crippen LogP contribution in [-0.2, 0) is 4.79 Å². The van der Waals surface area contributed by atoms with E-state index in [0.29, 0.717) is 22.9 Å². The number of carbonyl (C=O) groups excluding carboxylic acids is 1. The Kier molecular flexibility index (Phi) is 4.56. The molecule has 132 valence electrons. The van der Waals surface area contributed by atoms with Crippen LogP contribution in [0.1, 0.15) is 17.5 Å². The molecule has 10 heteroatoms. The molecule has 3 aromatic rings. The molecule has 0 saturated heterocycles. The van der Waals surface area contributed by atoms with Crippen LogP contribution in [0.3, 0.4) is 0 Å². The molecule has 0 spiro atoms. The van der Waals surface area contributed by atoms with Gasteiger partial charge in [0.25, 0.3) is 5.82 Å². The number of ether oxygens (including phenoxy) is 1. The van der Waals surface area contributed by atoms with Crippen molar-refractivity contribution >= 4 is 17.6 Å². The van der Waals surface area contributed by atoms with Gasteiger partial charge in [-0.1, -0.05) is 0 Å². The number of carboxylic acid groups (broad SMARTS) is 1. The summed E-state index contributed by atoms with van der Waals surface area (Å²) in [6.07, 6.45) is 2.93. The number of rotatable bonds is 5. The Bertz CT molecular complexity index is 950. The van der Waals surface area contributed by atoms with Crippen LogP contribution in [0.4, 0.5) is 5.69 Å². The molecule has 0 bridgehead atoms. The second-order valence-corrected chi connectivity index (χ2v) is 5.15. The van der Waals surface area contributed by atoms with Crippen LogP contribution in [0.2, 0.25) is 0 Å². The van der Waals surface area contributed by atoms with Crippen molar-refractivity contribution in [3.63, 3.8) is 0 Å². The standard InChI is InChI=1S/C16H14N6O4/c1-9(23)19-10-3-5-12(17-7-10)15-20-14(16(24)25)21-22(15)11-4-6-13(26-2)18-8-11/h3-8H,1-2H3,(H,19,23)(H,24,25). The van der Waals surface area contributed by atoms with E-state index >= 15 is 0 Å². The fraction of sp³-hybridized carbons (Fsp3) is 0.125. The molecular weight excluding hydrogens is 340 g/mol. The molecule has 26 heavy (non-hydrogen) atoms. The maximum Gasteiger partial charge on any atom is 0.375 e. The zero-order chi connectivity index (χ0) is 18.7. The summed E-state index contributed by atoms with van der Waals surface area (Å²) in [6, 6.07) is 6.53. The fourth-order valence-corrected chi connectivity index (χ4v) is 2.17. The molecule has 0 atom stereocenters. The van der Waals surface area contributed by atoms with Crippen molar-refractivity contribution in [2.24, 2.45) is 0 Å². The number of anilines is 1. The Balaban J connectivity index is 2.04. The van der Waals surface area contributed by atoms with Crippen molar-refractivity contribution in [2.45, 2.75) is 6.92 Å². The van der Waals surface area contributed by atoms with Gasteiger partial charge in [-0.05, 0) is 18.2 Å². The summed E-state index contributed by atoms with van der Waals surface area (Å²) in [4.78, 5) is 34.7. The smallest absolute Gasteiger partial charge is 0.375 e. The highest BCUT2D eigenvalue weighted by atomic mass is 16.5. The summed E-state index contributed by atoms with van der Waals surface area (Å²) in [7, 11) is 1.49. The first kappa shape index (κ1) is 17.0. The average molecular weight is 354 g/mol. The van der Waals surface area contributed by atoms with Crippen LogP contribution in [-0.4, -0.2) is 48.8 Å². The van der Waals surface area contributed by atoms with Gasteiger partial charge in [-0.15, -0.1) is 5.10 Å². The van der Waals surface area contributed by atoms with Gasteiger partial charge in [-0.25, -0.2) is 14.5 Å². The molecule has 3 rings (SSSR count). The van der Waals surface area contributed by atoms with E-state index < -0.39 is 5.97 Å². The van der Waals surface area contributed by atoms with E-state index in [4.69, 9.17) is 4.74 Å². The van der Waals surface area contributed by atoms with Gasteiger partial charge in [0.05, 0.1) is 30.9 Å². The number of hydrogen-bond donors (Lipinski definition) is 2. The van der Waals surface area contributed by atoms with Crippen LogP contribution < -0.4 is 10.1 Å². The molecule has 3 aromatic heterocycles. The molecule has 0 radical (unpaired) electrons. The predicted molar refractivity (Wildman–Crippen MR) is 90.2 cm³/mol. The van der Waals surface area contributed by atoms with Crippen LogP contribution >= 0.6 is 0 Å². The van der Waals surface area contributed by atoms with Gasteiger partial charge in [0.1, 0.15) is 5.69 Å². The number of aromatic nitrogens is 5. The minimum atomic E-state index is -1.26. The van der Waals surface area contributed by atoms with E-state index in [1.54, 1.807) is 24.3 Å². The van der Waals surface area contributed by atoms with E-state index in [-0.39, 0.29) is 17.6 Å². The van der Waals surface area contributed by atoms with Crippen molar-refractivity contribution in [3.05, 3.63) is 42.5 Å². The summed E-state index contributed by atoms with van der Waals surface area (Å²) in [6.45, 7) is 1.39. The van der Waals surface area contributed by atoms with Gasteiger partial charge in [-0.2, -0.15) is 4.98 Å². The van der Waals surface area contributed by atoms with E-state index in [9.17, 15) is 14.7 Å². The third-order valence-corrected chi connectivity index (χ3v) is 3.29. The molecule has 0 aromatic carbocycles. The summed E-state index contributed by atoms with van der Waals surface area (Å²) < 4.78 is 6.34. The van der Waals surface area contributed by atoms with Crippen molar-refractivity contribution in [3.8, 4) is 23.1 Å². The SMILES string of the molecule is COc1ccc(-n2nc(C(=O)O)nc2-c2ccc(NC(C)=O)cn2)cn1. The third-order valence-electron chi connectivity index (χ3n) is 3.29. The highest BCUT2D eigenvalue weighted by Crippen LogP contribution is 2.21. The van der Waals surface area contributed by atoms with E-state index in [0.717, 1.165) is 0 Å². The number of hydrogen-bond acceptors (Lipinski definition) is 7. The topological polar surface area (TPSA) is 132 Å². The number of nitrogens with one attached hydrogen (secondary N) is 1.